The van der Waals surface area contributed by atoms with Crippen LogP contribution in [0.4, 0.5) is 0 Å². The number of unbranched alkanes of at least 4 members (excludes halogenated alkanes) is 3. The molecule has 0 aromatic carbocycles. The van der Waals surface area contributed by atoms with E-state index in [0.29, 0.717) is 13.0 Å². The number of aliphatic hydroxyl groups excluding tert-OH is 1. The van der Waals surface area contributed by atoms with Crippen LogP contribution < -0.4 is 5.32 Å². The van der Waals surface area contributed by atoms with Gasteiger partial charge in [-0.15, -0.1) is 0 Å². The Labute approximate surface area is 94.8 Å². The van der Waals surface area contributed by atoms with E-state index < -0.39 is 11.9 Å². The van der Waals surface area contributed by atoms with Crippen LogP contribution in [0.25, 0.3) is 0 Å². The smallest absolute Gasteiger partial charge is 0.307 e. The van der Waals surface area contributed by atoms with Crippen molar-refractivity contribution in [3.05, 3.63) is 0 Å². The average molecular weight is 229 g/mol. The summed E-state index contributed by atoms with van der Waals surface area (Å²) in [6.07, 6.45) is 4.11. The maximum atomic E-state index is 11.4. The Bertz CT molecular complexity index is 254. The third-order valence-electron chi connectivity index (χ3n) is 2.83. The van der Waals surface area contributed by atoms with Crippen LogP contribution in [0.5, 0.6) is 0 Å². The lowest BCUT2D eigenvalue weighted by Gasteiger charge is -2.03. The monoisotopic (exact) mass is 229 g/mol. The van der Waals surface area contributed by atoms with Gasteiger partial charge in [-0.25, -0.2) is 0 Å². The number of carbonyl (C=O) groups is 2. The minimum atomic E-state index is -0.872. The molecule has 92 valence electrons. The molecule has 1 saturated carbocycles. The molecule has 0 bridgehead atoms. The first-order valence-electron chi connectivity index (χ1n) is 5.78. The predicted molar refractivity (Wildman–Crippen MR) is 57.8 cm³/mol. The summed E-state index contributed by atoms with van der Waals surface area (Å²) in [6.45, 7) is 0.821. The summed E-state index contributed by atoms with van der Waals surface area (Å²) < 4.78 is 0. The van der Waals surface area contributed by atoms with E-state index >= 15 is 0 Å². The van der Waals surface area contributed by atoms with Crippen LogP contribution in [0.2, 0.25) is 0 Å². The molecule has 0 aliphatic heterocycles. The van der Waals surface area contributed by atoms with Gasteiger partial charge in [-0.2, -0.15) is 0 Å². The fourth-order valence-corrected chi connectivity index (χ4v) is 1.69. The minimum absolute atomic E-state index is 0.130. The summed E-state index contributed by atoms with van der Waals surface area (Å²) in [5.41, 5.74) is 0. The highest BCUT2D eigenvalue weighted by Crippen LogP contribution is 2.38. The highest BCUT2D eigenvalue weighted by Gasteiger charge is 2.48. The van der Waals surface area contributed by atoms with E-state index in [0.717, 1.165) is 25.7 Å². The first-order valence-corrected chi connectivity index (χ1v) is 5.78. The number of rotatable bonds is 8. The number of amides is 1. The zero-order valence-corrected chi connectivity index (χ0v) is 9.32. The van der Waals surface area contributed by atoms with Crippen LogP contribution >= 0.6 is 0 Å². The van der Waals surface area contributed by atoms with Crippen LogP contribution in [-0.2, 0) is 9.59 Å². The molecule has 1 aliphatic carbocycles. The summed E-state index contributed by atoms with van der Waals surface area (Å²) >= 11 is 0. The van der Waals surface area contributed by atoms with E-state index in [-0.39, 0.29) is 18.4 Å². The number of carbonyl (C=O) groups excluding carboxylic acids is 1. The molecule has 0 spiro atoms. The Kier molecular flexibility index (Phi) is 5.25. The number of hydrogen-bond donors (Lipinski definition) is 3. The highest BCUT2D eigenvalue weighted by molar-refractivity contribution is 5.89. The van der Waals surface area contributed by atoms with Gasteiger partial charge in [-0.05, 0) is 19.3 Å². The number of carboxylic acid groups (broad SMARTS) is 1. The van der Waals surface area contributed by atoms with Crippen molar-refractivity contribution in [3.63, 3.8) is 0 Å². The van der Waals surface area contributed by atoms with Gasteiger partial charge < -0.3 is 15.5 Å². The molecule has 1 fully saturated rings. The third-order valence-corrected chi connectivity index (χ3v) is 2.83. The van der Waals surface area contributed by atoms with Gasteiger partial charge in [0.05, 0.1) is 11.8 Å². The van der Waals surface area contributed by atoms with Crippen molar-refractivity contribution < 1.29 is 19.8 Å². The van der Waals surface area contributed by atoms with Crippen molar-refractivity contribution in [3.8, 4) is 0 Å². The second-order valence-corrected chi connectivity index (χ2v) is 4.22. The van der Waals surface area contributed by atoms with E-state index in [1.54, 1.807) is 0 Å². The zero-order valence-electron chi connectivity index (χ0n) is 9.32. The van der Waals surface area contributed by atoms with Gasteiger partial charge >= 0.3 is 5.97 Å². The van der Waals surface area contributed by atoms with Gasteiger partial charge in [-0.3, -0.25) is 9.59 Å². The maximum Gasteiger partial charge on any atom is 0.307 e. The Balaban J connectivity index is 1.98. The topological polar surface area (TPSA) is 86.6 Å². The Morgan fingerprint density at radius 1 is 1.12 bits per heavy atom. The Hall–Kier alpha value is -1.10. The van der Waals surface area contributed by atoms with Crippen molar-refractivity contribution in [2.24, 2.45) is 11.8 Å². The van der Waals surface area contributed by atoms with E-state index in [1.165, 1.54) is 0 Å². The number of carboxylic acids is 1. The van der Waals surface area contributed by atoms with Crippen molar-refractivity contribution in [1.82, 2.24) is 5.32 Å². The highest BCUT2D eigenvalue weighted by atomic mass is 16.4. The van der Waals surface area contributed by atoms with Gasteiger partial charge in [0.1, 0.15) is 0 Å². The molecule has 0 aromatic heterocycles. The molecular weight excluding hydrogens is 210 g/mol. The summed E-state index contributed by atoms with van der Waals surface area (Å²) in [4.78, 5) is 21.9. The van der Waals surface area contributed by atoms with E-state index in [1.807, 2.05) is 0 Å². The van der Waals surface area contributed by atoms with Gasteiger partial charge in [0.15, 0.2) is 0 Å². The fraction of sp³-hybridized carbons (Fsp3) is 0.818. The maximum absolute atomic E-state index is 11.4. The summed E-state index contributed by atoms with van der Waals surface area (Å²) in [6, 6.07) is 0. The summed E-state index contributed by atoms with van der Waals surface area (Å²) in [7, 11) is 0. The minimum Gasteiger partial charge on any atom is -0.481 e. The molecule has 2 atom stereocenters. The van der Waals surface area contributed by atoms with Crippen molar-refractivity contribution in [2.75, 3.05) is 13.2 Å². The first kappa shape index (κ1) is 13.0. The standard InChI is InChI=1S/C11H19NO4/c13-6-4-2-1-3-5-12-10(14)8-7-9(8)11(15)16/h8-9,13H,1-7H2,(H,12,14)(H,15,16). The summed E-state index contributed by atoms with van der Waals surface area (Å²) in [5.74, 6) is -1.78. The molecule has 5 nitrogen and oxygen atoms in total. The number of aliphatic carboxylic acids is 1. The van der Waals surface area contributed by atoms with Crippen LogP contribution in [0.3, 0.4) is 0 Å². The molecule has 16 heavy (non-hydrogen) atoms. The lowest BCUT2D eigenvalue weighted by Crippen LogP contribution is -2.27. The van der Waals surface area contributed by atoms with Gasteiger partial charge in [0.25, 0.3) is 0 Å². The number of nitrogens with one attached hydrogen (secondary N) is 1. The average Bonchev–Trinajstić information content (AvgIpc) is 3.02. The van der Waals surface area contributed by atoms with Crippen LogP contribution in [-0.4, -0.2) is 35.2 Å². The lowest BCUT2D eigenvalue weighted by atomic mass is 10.2. The molecule has 5 heteroatoms. The van der Waals surface area contributed by atoms with Crippen LogP contribution in [0.15, 0.2) is 0 Å². The molecular formula is C11H19NO4. The fourth-order valence-electron chi connectivity index (χ4n) is 1.69. The van der Waals surface area contributed by atoms with E-state index in [9.17, 15) is 9.59 Å². The number of hydrogen-bond acceptors (Lipinski definition) is 3. The van der Waals surface area contributed by atoms with Crippen LogP contribution in [0.1, 0.15) is 32.1 Å². The quantitative estimate of drug-likeness (QED) is 0.525. The number of aliphatic hydroxyl groups is 1. The molecule has 0 heterocycles. The lowest BCUT2D eigenvalue weighted by molar-refractivity contribution is -0.140. The molecule has 1 aliphatic rings. The Morgan fingerprint density at radius 3 is 2.38 bits per heavy atom. The van der Waals surface area contributed by atoms with Gasteiger partial charge in [0.2, 0.25) is 5.91 Å². The predicted octanol–water partition coefficient (Wildman–Crippen LogP) is 0.376. The third kappa shape index (κ3) is 4.18. The zero-order chi connectivity index (χ0) is 12.0. The molecule has 0 aromatic rings. The Morgan fingerprint density at radius 2 is 1.81 bits per heavy atom. The first-order chi connectivity index (χ1) is 7.66. The normalized spacial score (nSPS) is 22.8. The second-order valence-electron chi connectivity index (χ2n) is 4.22. The molecule has 0 saturated heterocycles. The summed E-state index contributed by atoms with van der Waals surface area (Å²) in [5, 5.41) is 19.9. The van der Waals surface area contributed by atoms with Crippen molar-refractivity contribution in [2.45, 2.75) is 32.1 Å². The molecule has 2 unspecified atom stereocenters. The van der Waals surface area contributed by atoms with Gasteiger partial charge in [0, 0.05) is 13.2 Å². The van der Waals surface area contributed by atoms with Crippen LogP contribution in [0, 0.1) is 11.8 Å². The largest absolute Gasteiger partial charge is 0.481 e. The second kappa shape index (κ2) is 6.48. The van der Waals surface area contributed by atoms with Crippen molar-refractivity contribution in [1.29, 1.82) is 0 Å². The SMILES string of the molecule is O=C(O)C1CC1C(=O)NCCCCCCO. The van der Waals surface area contributed by atoms with Crippen molar-refractivity contribution >= 4 is 11.9 Å². The molecule has 1 rings (SSSR count). The molecule has 3 N–H and O–H groups in total. The van der Waals surface area contributed by atoms with Gasteiger partial charge in [-0.1, -0.05) is 12.8 Å². The van der Waals surface area contributed by atoms with E-state index in [2.05, 4.69) is 5.32 Å². The molecule has 1 amide bonds. The van der Waals surface area contributed by atoms with E-state index in [4.69, 9.17) is 10.2 Å². The molecule has 0 radical (unpaired) electrons.